The average molecular weight is 392 g/mol. The molecular formula is C18H19BrFN3O. The third-order valence-corrected chi connectivity index (χ3v) is 4.79. The van der Waals surface area contributed by atoms with Gasteiger partial charge >= 0.3 is 0 Å². The van der Waals surface area contributed by atoms with Crippen molar-refractivity contribution in [3.05, 3.63) is 57.9 Å². The van der Waals surface area contributed by atoms with Crippen molar-refractivity contribution in [1.82, 2.24) is 10.3 Å². The summed E-state index contributed by atoms with van der Waals surface area (Å²) >= 11 is 3.23. The number of halogens is 2. The van der Waals surface area contributed by atoms with Crippen molar-refractivity contribution in [3.63, 3.8) is 0 Å². The summed E-state index contributed by atoms with van der Waals surface area (Å²) in [4.78, 5) is 19.1. The van der Waals surface area contributed by atoms with Gasteiger partial charge in [0, 0.05) is 35.9 Å². The minimum absolute atomic E-state index is 0.240. The fourth-order valence-electron chi connectivity index (χ4n) is 2.90. The zero-order valence-electron chi connectivity index (χ0n) is 13.3. The summed E-state index contributed by atoms with van der Waals surface area (Å²) < 4.78 is 13.6. The molecule has 1 fully saturated rings. The van der Waals surface area contributed by atoms with Crippen molar-refractivity contribution in [1.29, 1.82) is 0 Å². The molecule has 6 heteroatoms. The molecule has 0 atom stereocenters. The van der Waals surface area contributed by atoms with Gasteiger partial charge in [-0.3, -0.25) is 4.79 Å². The lowest BCUT2D eigenvalue weighted by atomic mass is 10.1. The van der Waals surface area contributed by atoms with E-state index in [0.29, 0.717) is 16.6 Å². The molecule has 0 unspecified atom stereocenters. The second-order valence-corrected chi connectivity index (χ2v) is 6.70. The third-order valence-electron chi connectivity index (χ3n) is 4.14. The molecule has 2 aromatic rings. The normalized spacial score (nSPS) is 14.5. The first-order chi connectivity index (χ1) is 11.6. The van der Waals surface area contributed by atoms with Gasteiger partial charge in [-0.1, -0.05) is 6.07 Å². The maximum Gasteiger partial charge on any atom is 0.252 e. The van der Waals surface area contributed by atoms with Gasteiger partial charge in [0.1, 0.15) is 11.6 Å². The lowest BCUT2D eigenvalue weighted by Crippen LogP contribution is -2.32. The minimum atomic E-state index is -0.377. The maximum absolute atomic E-state index is 13.1. The molecule has 0 saturated carbocycles. The highest BCUT2D eigenvalue weighted by molar-refractivity contribution is 9.10. The summed E-state index contributed by atoms with van der Waals surface area (Å²) in [6.07, 6.45) is 5.38. The van der Waals surface area contributed by atoms with Gasteiger partial charge in [-0.15, -0.1) is 0 Å². The van der Waals surface area contributed by atoms with Gasteiger partial charge in [0.2, 0.25) is 0 Å². The molecule has 2 heterocycles. The largest absolute Gasteiger partial charge is 0.356 e. The molecule has 1 aromatic heterocycles. The zero-order chi connectivity index (χ0) is 16.9. The number of anilines is 1. The molecule has 0 aliphatic carbocycles. The van der Waals surface area contributed by atoms with Crippen molar-refractivity contribution >= 4 is 27.7 Å². The van der Waals surface area contributed by atoms with Crippen molar-refractivity contribution < 1.29 is 9.18 Å². The van der Waals surface area contributed by atoms with E-state index in [1.807, 2.05) is 12.1 Å². The Morgan fingerprint density at radius 2 is 2.04 bits per heavy atom. The summed E-state index contributed by atoms with van der Waals surface area (Å²) in [5.74, 6) is 0.323. The molecule has 0 spiro atoms. The van der Waals surface area contributed by atoms with E-state index in [2.05, 4.69) is 31.1 Å². The molecule has 126 valence electrons. The first-order valence-corrected chi connectivity index (χ1v) is 8.86. The number of carbonyl (C=O) groups excluding carboxylic acids is 1. The van der Waals surface area contributed by atoms with Gasteiger partial charge in [-0.05, 0) is 59.5 Å². The number of amides is 1. The Morgan fingerprint density at radius 1 is 1.25 bits per heavy atom. The van der Waals surface area contributed by atoms with Gasteiger partial charge in [0.15, 0.2) is 0 Å². The smallest absolute Gasteiger partial charge is 0.252 e. The van der Waals surface area contributed by atoms with Crippen LogP contribution in [-0.4, -0.2) is 24.0 Å². The van der Waals surface area contributed by atoms with E-state index in [9.17, 15) is 9.18 Å². The Morgan fingerprint density at radius 3 is 2.79 bits per heavy atom. The molecule has 1 saturated heterocycles. The third kappa shape index (κ3) is 3.93. The van der Waals surface area contributed by atoms with Gasteiger partial charge in [0.05, 0.1) is 5.56 Å². The van der Waals surface area contributed by atoms with E-state index in [1.165, 1.54) is 37.5 Å². The Kier molecular flexibility index (Phi) is 5.45. The highest BCUT2D eigenvalue weighted by atomic mass is 79.9. The van der Waals surface area contributed by atoms with Crippen LogP contribution in [0.2, 0.25) is 0 Å². The first-order valence-electron chi connectivity index (χ1n) is 8.07. The summed E-state index contributed by atoms with van der Waals surface area (Å²) in [5.41, 5.74) is 1.41. The van der Waals surface area contributed by atoms with Crippen molar-refractivity contribution in [2.75, 3.05) is 18.0 Å². The van der Waals surface area contributed by atoms with Crippen molar-refractivity contribution in [3.8, 4) is 0 Å². The van der Waals surface area contributed by atoms with Gasteiger partial charge in [0.25, 0.3) is 5.91 Å². The number of hydrogen-bond acceptors (Lipinski definition) is 3. The quantitative estimate of drug-likeness (QED) is 0.859. The van der Waals surface area contributed by atoms with E-state index in [1.54, 1.807) is 6.20 Å². The number of nitrogens with zero attached hydrogens (tertiary/aromatic N) is 2. The Bertz CT molecular complexity index is 732. The highest BCUT2D eigenvalue weighted by Gasteiger charge is 2.16. The minimum Gasteiger partial charge on any atom is -0.356 e. The number of hydrogen-bond donors (Lipinski definition) is 1. The highest BCUT2D eigenvalue weighted by Crippen LogP contribution is 2.22. The average Bonchev–Trinajstić information content (AvgIpc) is 2.61. The van der Waals surface area contributed by atoms with E-state index in [-0.39, 0.29) is 11.7 Å². The number of piperidine rings is 1. The Balaban J connectivity index is 1.71. The first kappa shape index (κ1) is 16.9. The van der Waals surface area contributed by atoms with Crippen LogP contribution in [0.4, 0.5) is 10.2 Å². The fraction of sp³-hybridized carbons (Fsp3) is 0.333. The van der Waals surface area contributed by atoms with Gasteiger partial charge < -0.3 is 10.2 Å². The van der Waals surface area contributed by atoms with Crippen LogP contribution < -0.4 is 10.2 Å². The molecule has 1 amide bonds. The van der Waals surface area contributed by atoms with Crippen LogP contribution in [0.25, 0.3) is 0 Å². The molecule has 24 heavy (non-hydrogen) atoms. The number of benzene rings is 1. The monoisotopic (exact) mass is 391 g/mol. The molecule has 1 N–H and O–H groups in total. The van der Waals surface area contributed by atoms with Gasteiger partial charge in [-0.25, -0.2) is 9.37 Å². The van der Waals surface area contributed by atoms with Crippen LogP contribution in [0.15, 0.2) is 41.0 Å². The number of aromatic nitrogens is 1. The summed E-state index contributed by atoms with van der Waals surface area (Å²) in [5, 5.41) is 2.90. The molecule has 3 rings (SSSR count). The van der Waals surface area contributed by atoms with E-state index < -0.39 is 0 Å². The predicted octanol–water partition coefficient (Wildman–Crippen LogP) is 3.90. The standard InChI is InChI=1S/C18H19BrFN3O/c19-16-11-14(20)6-7-15(16)18(24)22-12-13-5-4-8-21-17(13)23-9-2-1-3-10-23/h4-8,11H,1-3,9-10,12H2,(H,22,24). The molecule has 1 aromatic carbocycles. The Hall–Kier alpha value is -1.95. The van der Waals surface area contributed by atoms with Crippen LogP contribution in [-0.2, 0) is 6.54 Å². The van der Waals surface area contributed by atoms with Crippen LogP contribution in [0.3, 0.4) is 0 Å². The summed E-state index contributed by atoms with van der Waals surface area (Å²) in [6, 6.07) is 7.91. The van der Waals surface area contributed by atoms with Crippen molar-refractivity contribution in [2.45, 2.75) is 25.8 Å². The summed E-state index contributed by atoms with van der Waals surface area (Å²) in [7, 11) is 0. The van der Waals surface area contributed by atoms with Crippen LogP contribution in [0, 0.1) is 5.82 Å². The van der Waals surface area contributed by atoms with Crippen molar-refractivity contribution in [2.24, 2.45) is 0 Å². The number of nitrogens with one attached hydrogen (secondary N) is 1. The number of pyridine rings is 1. The molecule has 1 aliphatic heterocycles. The van der Waals surface area contributed by atoms with E-state index >= 15 is 0 Å². The number of carbonyl (C=O) groups is 1. The molecule has 0 bridgehead atoms. The lowest BCUT2D eigenvalue weighted by molar-refractivity contribution is 0.0950. The van der Waals surface area contributed by atoms with E-state index in [0.717, 1.165) is 24.5 Å². The number of rotatable bonds is 4. The summed E-state index contributed by atoms with van der Waals surface area (Å²) in [6.45, 7) is 2.39. The molecule has 4 nitrogen and oxygen atoms in total. The van der Waals surface area contributed by atoms with Crippen LogP contribution in [0.5, 0.6) is 0 Å². The second kappa shape index (κ2) is 7.75. The lowest BCUT2D eigenvalue weighted by Gasteiger charge is -2.29. The van der Waals surface area contributed by atoms with Gasteiger partial charge in [-0.2, -0.15) is 0 Å². The van der Waals surface area contributed by atoms with Crippen LogP contribution >= 0.6 is 15.9 Å². The molecular weight excluding hydrogens is 373 g/mol. The van der Waals surface area contributed by atoms with Crippen LogP contribution in [0.1, 0.15) is 35.2 Å². The zero-order valence-corrected chi connectivity index (χ0v) is 14.9. The SMILES string of the molecule is O=C(NCc1cccnc1N1CCCCC1)c1ccc(F)cc1Br. The topological polar surface area (TPSA) is 45.2 Å². The Labute approximate surface area is 149 Å². The van der Waals surface area contributed by atoms with E-state index in [4.69, 9.17) is 0 Å². The predicted molar refractivity (Wildman–Crippen MR) is 95.6 cm³/mol. The molecule has 0 radical (unpaired) electrons. The second-order valence-electron chi connectivity index (χ2n) is 5.84. The molecule has 1 aliphatic rings. The maximum atomic E-state index is 13.1. The fourth-order valence-corrected chi connectivity index (χ4v) is 3.43.